The van der Waals surface area contributed by atoms with E-state index in [2.05, 4.69) is 0 Å². The molecule has 0 spiro atoms. The van der Waals surface area contributed by atoms with Crippen molar-refractivity contribution in [3.05, 3.63) is 34.6 Å². The van der Waals surface area contributed by atoms with E-state index in [1.807, 2.05) is 13.8 Å². The van der Waals surface area contributed by atoms with Crippen LogP contribution in [0.3, 0.4) is 0 Å². The van der Waals surface area contributed by atoms with Crippen LogP contribution in [-0.2, 0) is 16.0 Å². The maximum atomic E-state index is 13.4. The van der Waals surface area contributed by atoms with Gasteiger partial charge in [0.1, 0.15) is 12.4 Å². The Morgan fingerprint density at radius 1 is 1.55 bits per heavy atom. The van der Waals surface area contributed by atoms with E-state index in [-0.39, 0.29) is 30.0 Å². The second-order valence-corrected chi connectivity index (χ2v) is 6.06. The highest BCUT2D eigenvalue weighted by atomic mass is 35.5. The summed E-state index contributed by atoms with van der Waals surface area (Å²) in [5.41, 5.74) is 6.43. The molecule has 2 rings (SSSR count). The van der Waals surface area contributed by atoms with Crippen LogP contribution in [0.15, 0.2) is 18.2 Å². The van der Waals surface area contributed by atoms with Crippen LogP contribution >= 0.6 is 11.6 Å². The molecule has 0 unspecified atom stereocenters. The van der Waals surface area contributed by atoms with Crippen LogP contribution < -0.4 is 5.73 Å². The van der Waals surface area contributed by atoms with Crippen molar-refractivity contribution < 1.29 is 18.7 Å². The molecule has 120 valence electrons. The number of halogens is 2. The molecule has 5 nitrogen and oxygen atoms in total. The van der Waals surface area contributed by atoms with Crippen molar-refractivity contribution in [1.82, 2.24) is 4.90 Å². The highest BCUT2D eigenvalue weighted by molar-refractivity contribution is 6.30. The fourth-order valence-electron chi connectivity index (χ4n) is 2.37. The number of amides is 2. The molecule has 1 aliphatic heterocycles. The summed E-state index contributed by atoms with van der Waals surface area (Å²) in [5.74, 6) is -1.02. The number of benzene rings is 1. The van der Waals surface area contributed by atoms with E-state index in [9.17, 15) is 14.0 Å². The molecular weight excluding hydrogens is 311 g/mol. The van der Waals surface area contributed by atoms with Crippen molar-refractivity contribution in [2.45, 2.75) is 32.4 Å². The zero-order chi connectivity index (χ0) is 16.4. The number of nitrogens with zero attached hydrogens (tertiary/aromatic N) is 1. The predicted octanol–water partition coefficient (Wildman–Crippen LogP) is 2.35. The minimum atomic E-state index is -0.951. The molecule has 2 atom stereocenters. The lowest BCUT2D eigenvalue weighted by Crippen LogP contribution is -2.50. The number of imide groups is 1. The number of hydrogen-bond donors (Lipinski definition) is 1. The van der Waals surface area contributed by atoms with Crippen LogP contribution in [-0.4, -0.2) is 35.6 Å². The number of hydrogen-bond acceptors (Lipinski definition) is 4. The van der Waals surface area contributed by atoms with Gasteiger partial charge < -0.3 is 10.5 Å². The summed E-state index contributed by atoms with van der Waals surface area (Å²) in [6.07, 6.45) is -0.567. The fraction of sp³-hybridized carbons (Fsp3) is 0.467. The third-order valence-electron chi connectivity index (χ3n) is 3.67. The van der Waals surface area contributed by atoms with E-state index in [1.54, 1.807) is 6.07 Å². The molecule has 2 amide bonds. The molecule has 1 saturated heterocycles. The van der Waals surface area contributed by atoms with Crippen LogP contribution in [0.1, 0.15) is 19.4 Å². The second kappa shape index (κ2) is 6.62. The molecule has 22 heavy (non-hydrogen) atoms. The lowest BCUT2D eigenvalue weighted by Gasteiger charge is -2.25. The lowest BCUT2D eigenvalue weighted by molar-refractivity contribution is -0.131. The Hall–Kier alpha value is -1.66. The number of nitrogens with two attached hydrogens (primary N) is 1. The van der Waals surface area contributed by atoms with E-state index in [0.29, 0.717) is 5.56 Å². The van der Waals surface area contributed by atoms with Gasteiger partial charge in [-0.3, -0.25) is 4.79 Å². The minimum absolute atomic E-state index is 0.00615. The first kappa shape index (κ1) is 16.7. The Labute approximate surface area is 133 Å². The molecular formula is C15H18ClFN2O3. The molecule has 0 aromatic heterocycles. The van der Waals surface area contributed by atoms with Crippen molar-refractivity contribution >= 4 is 23.6 Å². The van der Waals surface area contributed by atoms with Gasteiger partial charge >= 0.3 is 6.09 Å². The SMILES string of the molecule is CC(C)[C@@H]1COC(=O)N1C(=O)[C@H](N)Cc1ccc(Cl)c(F)c1. The summed E-state index contributed by atoms with van der Waals surface area (Å²) in [5, 5.41) is 0.00615. The monoisotopic (exact) mass is 328 g/mol. The summed E-state index contributed by atoms with van der Waals surface area (Å²) in [6, 6.07) is 2.96. The standard InChI is InChI=1S/C15H18ClFN2O3/c1-8(2)13-7-22-15(21)19(13)14(20)12(18)6-9-3-4-10(16)11(17)5-9/h3-5,8,12-13H,6-7,18H2,1-2H3/t12-,13+/m1/s1. The van der Waals surface area contributed by atoms with Gasteiger partial charge in [0, 0.05) is 0 Å². The highest BCUT2D eigenvalue weighted by Crippen LogP contribution is 2.21. The van der Waals surface area contributed by atoms with Gasteiger partial charge in [0.05, 0.1) is 17.1 Å². The molecule has 1 fully saturated rings. The molecule has 0 aliphatic carbocycles. The predicted molar refractivity (Wildman–Crippen MR) is 79.9 cm³/mol. The van der Waals surface area contributed by atoms with E-state index in [1.165, 1.54) is 12.1 Å². The summed E-state index contributed by atoms with van der Waals surface area (Å²) in [7, 11) is 0. The molecule has 0 radical (unpaired) electrons. The number of carbonyl (C=O) groups excluding carboxylic acids is 2. The van der Waals surface area contributed by atoms with Gasteiger partial charge in [-0.2, -0.15) is 0 Å². The number of rotatable bonds is 4. The smallest absolute Gasteiger partial charge is 0.417 e. The lowest BCUT2D eigenvalue weighted by atomic mass is 10.0. The first-order valence-corrected chi connectivity index (χ1v) is 7.38. The largest absolute Gasteiger partial charge is 0.447 e. The number of cyclic esters (lactones) is 1. The summed E-state index contributed by atoms with van der Waals surface area (Å²) >= 11 is 5.61. The van der Waals surface area contributed by atoms with Crippen molar-refractivity contribution in [3.8, 4) is 0 Å². The van der Waals surface area contributed by atoms with Gasteiger partial charge in [0.25, 0.3) is 0 Å². The van der Waals surface area contributed by atoms with E-state index >= 15 is 0 Å². The first-order chi connectivity index (χ1) is 10.3. The molecule has 1 aliphatic rings. The summed E-state index contributed by atoms with van der Waals surface area (Å²) in [4.78, 5) is 25.2. The van der Waals surface area contributed by atoms with Crippen molar-refractivity contribution in [1.29, 1.82) is 0 Å². The average molecular weight is 329 g/mol. The van der Waals surface area contributed by atoms with Crippen molar-refractivity contribution in [3.63, 3.8) is 0 Å². The molecule has 0 saturated carbocycles. The van der Waals surface area contributed by atoms with E-state index < -0.39 is 23.9 Å². The summed E-state index contributed by atoms with van der Waals surface area (Å²) < 4.78 is 18.3. The molecule has 1 aromatic carbocycles. The number of carbonyl (C=O) groups is 2. The van der Waals surface area contributed by atoms with Crippen LogP contribution in [0, 0.1) is 11.7 Å². The van der Waals surface area contributed by atoms with E-state index in [0.717, 1.165) is 4.90 Å². The van der Waals surface area contributed by atoms with Gasteiger partial charge in [-0.1, -0.05) is 31.5 Å². The normalized spacial score (nSPS) is 19.5. The minimum Gasteiger partial charge on any atom is -0.447 e. The Bertz CT molecular complexity index is 594. The third-order valence-corrected chi connectivity index (χ3v) is 3.98. The molecule has 0 bridgehead atoms. The zero-order valence-corrected chi connectivity index (χ0v) is 13.1. The average Bonchev–Trinajstić information content (AvgIpc) is 2.84. The van der Waals surface area contributed by atoms with Gasteiger partial charge in [0.15, 0.2) is 0 Å². The maximum absolute atomic E-state index is 13.4. The molecule has 1 aromatic rings. The Balaban J connectivity index is 2.11. The molecule has 7 heteroatoms. The second-order valence-electron chi connectivity index (χ2n) is 5.66. The van der Waals surface area contributed by atoms with Gasteiger partial charge in [-0.25, -0.2) is 14.1 Å². The van der Waals surface area contributed by atoms with Crippen molar-refractivity contribution in [2.75, 3.05) is 6.61 Å². The number of ether oxygens (including phenoxy) is 1. The quantitative estimate of drug-likeness (QED) is 0.921. The van der Waals surface area contributed by atoms with Crippen molar-refractivity contribution in [2.24, 2.45) is 11.7 Å². The fourth-order valence-corrected chi connectivity index (χ4v) is 2.48. The van der Waals surface area contributed by atoms with Crippen LogP contribution in [0.2, 0.25) is 5.02 Å². The van der Waals surface area contributed by atoms with Crippen LogP contribution in [0.25, 0.3) is 0 Å². The Morgan fingerprint density at radius 3 is 2.82 bits per heavy atom. The van der Waals surface area contributed by atoms with Gasteiger partial charge in [-0.15, -0.1) is 0 Å². The molecule has 2 N–H and O–H groups in total. The van der Waals surface area contributed by atoms with Crippen LogP contribution in [0.5, 0.6) is 0 Å². The highest BCUT2D eigenvalue weighted by Gasteiger charge is 2.41. The topological polar surface area (TPSA) is 72.6 Å². The van der Waals surface area contributed by atoms with Gasteiger partial charge in [0.2, 0.25) is 5.91 Å². The van der Waals surface area contributed by atoms with Gasteiger partial charge in [-0.05, 0) is 30.0 Å². The zero-order valence-electron chi connectivity index (χ0n) is 12.4. The maximum Gasteiger partial charge on any atom is 0.417 e. The van der Waals surface area contributed by atoms with Crippen LogP contribution in [0.4, 0.5) is 9.18 Å². The first-order valence-electron chi connectivity index (χ1n) is 7.00. The molecule has 1 heterocycles. The summed E-state index contributed by atoms with van der Waals surface area (Å²) in [6.45, 7) is 3.96. The third kappa shape index (κ3) is 3.39. The van der Waals surface area contributed by atoms with E-state index in [4.69, 9.17) is 22.1 Å². The Morgan fingerprint density at radius 2 is 2.23 bits per heavy atom. The Kier molecular flexibility index (Phi) is 5.03.